The molecule has 2 N–H and O–H groups in total. The zero-order valence-electron chi connectivity index (χ0n) is 15.6. The number of rotatable bonds is 4. The first-order valence-electron chi connectivity index (χ1n) is 8.83. The van der Waals surface area contributed by atoms with Crippen molar-refractivity contribution in [2.24, 2.45) is 4.99 Å². The minimum absolute atomic E-state index is 0. The van der Waals surface area contributed by atoms with Crippen LogP contribution in [0.3, 0.4) is 0 Å². The van der Waals surface area contributed by atoms with Gasteiger partial charge in [-0.1, -0.05) is 12.1 Å². The molecular weight excluding hydrogens is 474 g/mol. The predicted octanol–water partition coefficient (Wildman–Crippen LogP) is 2.17. The second kappa shape index (κ2) is 10.8. The quantitative estimate of drug-likeness (QED) is 0.384. The van der Waals surface area contributed by atoms with Gasteiger partial charge in [0.25, 0.3) is 0 Å². The van der Waals surface area contributed by atoms with Gasteiger partial charge in [0.05, 0.1) is 6.54 Å². The molecule has 2 heterocycles. The molecule has 1 aromatic heterocycles. The van der Waals surface area contributed by atoms with Crippen molar-refractivity contribution in [3.05, 3.63) is 54.5 Å². The number of amides is 1. The fraction of sp³-hybridized carbons (Fsp3) is 0.316. The maximum absolute atomic E-state index is 13.2. The van der Waals surface area contributed by atoms with Crippen LogP contribution < -0.4 is 15.5 Å². The molecule has 1 aliphatic heterocycles. The minimum Gasteiger partial charge on any atom is -0.353 e. The van der Waals surface area contributed by atoms with Crippen molar-refractivity contribution in [2.75, 3.05) is 50.0 Å². The summed E-state index contributed by atoms with van der Waals surface area (Å²) in [4.78, 5) is 25.0. The van der Waals surface area contributed by atoms with Crippen molar-refractivity contribution in [3.8, 4) is 0 Å². The van der Waals surface area contributed by atoms with Crippen molar-refractivity contribution in [1.29, 1.82) is 0 Å². The topological polar surface area (TPSA) is 72.9 Å². The van der Waals surface area contributed by atoms with Gasteiger partial charge in [0.2, 0.25) is 5.91 Å². The summed E-state index contributed by atoms with van der Waals surface area (Å²) in [6.45, 7) is 3.27. The Kier molecular flexibility index (Phi) is 8.42. The molecular formula is C19H24FIN6O. The Morgan fingerprint density at radius 2 is 1.96 bits per heavy atom. The van der Waals surface area contributed by atoms with E-state index in [0.29, 0.717) is 11.6 Å². The van der Waals surface area contributed by atoms with Crippen LogP contribution in [-0.2, 0) is 4.79 Å². The van der Waals surface area contributed by atoms with Crippen LogP contribution in [0, 0.1) is 5.82 Å². The van der Waals surface area contributed by atoms with Gasteiger partial charge in [0.1, 0.15) is 11.6 Å². The lowest BCUT2D eigenvalue weighted by Crippen LogP contribution is -2.53. The number of piperazine rings is 1. The first-order valence-corrected chi connectivity index (χ1v) is 8.83. The summed E-state index contributed by atoms with van der Waals surface area (Å²) in [6, 6.07) is 11.7. The van der Waals surface area contributed by atoms with E-state index in [4.69, 9.17) is 0 Å². The van der Waals surface area contributed by atoms with E-state index >= 15 is 0 Å². The Bertz CT molecular complexity index is 796. The third-order valence-electron chi connectivity index (χ3n) is 4.28. The largest absolute Gasteiger partial charge is 0.353 e. The number of hydrogen-bond donors (Lipinski definition) is 2. The number of halogens is 2. The lowest BCUT2D eigenvalue weighted by molar-refractivity contribution is -0.115. The molecule has 0 atom stereocenters. The van der Waals surface area contributed by atoms with Crippen molar-refractivity contribution in [1.82, 2.24) is 15.2 Å². The number of pyridine rings is 1. The highest BCUT2D eigenvalue weighted by molar-refractivity contribution is 14.0. The van der Waals surface area contributed by atoms with E-state index in [1.165, 1.54) is 12.1 Å². The molecule has 9 heteroatoms. The van der Waals surface area contributed by atoms with Gasteiger partial charge in [-0.25, -0.2) is 9.37 Å². The van der Waals surface area contributed by atoms with Crippen LogP contribution in [0.15, 0.2) is 53.7 Å². The molecule has 1 amide bonds. The van der Waals surface area contributed by atoms with Gasteiger partial charge >= 0.3 is 0 Å². The highest BCUT2D eigenvalue weighted by Crippen LogP contribution is 2.12. The lowest BCUT2D eigenvalue weighted by Gasteiger charge is -2.37. The molecule has 1 fully saturated rings. The van der Waals surface area contributed by atoms with E-state index in [1.54, 1.807) is 25.4 Å². The SMILES string of the molecule is CN=C(NCC(=O)Nc1cccc(F)c1)N1CCN(c2ccccn2)CC1.I. The summed E-state index contributed by atoms with van der Waals surface area (Å²) >= 11 is 0. The molecule has 28 heavy (non-hydrogen) atoms. The molecule has 0 radical (unpaired) electrons. The molecule has 0 aliphatic carbocycles. The standard InChI is InChI=1S/C19H23FN6O.HI/c1-21-19(23-14-18(27)24-16-6-4-5-15(20)13-16)26-11-9-25(10-12-26)17-7-2-3-8-22-17;/h2-8,13H,9-12,14H2,1H3,(H,21,23)(H,24,27);1H. The summed E-state index contributed by atoms with van der Waals surface area (Å²) < 4.78 is 13.2. The molecule has 0 saturated carbocycles. The Balaban J connectivity index is 0.00000280. The Morgan fingerprint density at radius 1 is 1.18 bits per heavy atom. The molecule has 7 nitrogen and oxygen atoms in total. The number of aromatic nitrogens is 1. The second-order valence-electron chi connectivity index (χ2n) is 6.12. The van der Waals surface area contributed by atoms with Crippen molar-refractivity contribution < 1.29 is 9.18 Å². The van der Waals surface area contributed by atoms with Crippen LogP contribution in [-0.4, -0.2) is 61.5 Å². The van der Waals surface area contributed by atoms with Gasteiger partial charge in [0, 0.05) is 45.1 Å². The van der Waals surface area contributed by atoms with Crippen molar-refractivity contribution in [3.63, 3.8) is 0 Å². The van der Waals surface area contributed by atoms with E-state index in [2.05, 4.69) is 30.4 Å². The Labute approximate surface area is 181 Å². The number of hydrogen-bond acceptors (Lipinski definition) is 4. The normalized spacial score (nSPS) is 14.3. The number of benzene rings is 1. The first-order chi connectivity index (χ1) is 13.2. The van der Waals surface area contributed by atoms with Crippen LogP contribution in [0.2, 0.25) is 0 Å². The Morgan fingerprint density at radius 3 is 2.61 bits per heavy atom. The molecule has 2 aromatic rings. The number of nitrogens with one attached hydrogen (secondary N) is 2. The fourth-order valence-corrected chi connectivity index (χ4v) is 2.95. The summed E-state index contributed by atoms with van der Waals surface area (Å²) in [6.07, 6.45) is 1.79. The molecule has 0 unspecified atom stereocenters. The number of nitrogens with zero attached hydrogens (tertiary/aromatic N) is 4. The van der Waals surface area contributed by atoms with Crippen molar-refractivity contribution >= 4 is 47.3 Å². The molecule has 1 aromatic carbocycles. The van der Waals surface area contributed by atoms with E-state index in [1.807, 2.05) is 18.2 Å². The van der Waals surface area contributed by atoms with E-state index in [0.717, 1.165) is 32.0 Å². The maximum Gasteiger partial charge on any atom is 0.243 e. The zero-order valence-corrected chi connectivity index (χ0v) is 18.0. The van der Waals surface area contributed by atoms with Gasteiger partial charge in [-0.05, 0) is 30.3 Å². The second-order valence-corrected chi connectivity index (χ2v) is 6.12. The van der Waals surface area contributed by atoms with Crippen molar-refractivity contribution in [2.45, 2.75) is 0 Å². The highest BCUT2D eigenvalue weighted by Gasteiger charge is 2.20. The van der Waals surface area contributed by atoms with Gasteiger partial charge in [0.15, 0.2) is 5.96 Å². The van der Waals surface area contributed by atoms with E-state index in [9.17, 15) is 9.18 Å². The maximum atomic E-state index is 13.2. The van der Waals surface area contributed by atoms with Crippen LogP contribution in [0.1, 0.15) is 0 Å². The molecule has 150 valence electrons. The van der Waals surface area contributed by atoms with E-state index < -0.39 is 0 Å². The minimum atomic E-state index is -0.387. The monoisotopic (exact) mass is 498 g/mol. The number of anilines is 2. The first kappa shape index (κ1) is 21.9. The summed E-state index contributed by atoms with van der Waals surface area (Å²) in [7, 11) is 1.69. The predicted molar refractivity (Wildman–Crippen MR) is 120 cm³/mol. The smallest absolute Gasteiger partial charge is 0.243 e. The molecule has 0 bridgehead atoms. The zero-order chi connectivity index (χ0) is 19.1. The summed E-state index contributed by atoms with van der Waals surface area (Å²) in [5.74, 6) is 0.996. The molecule has 1 aliphatic rings. The Hall–Kier alpha value is -2.43. The van der Waals surface area contributed by atoms with Gasteiger partial charge in [-0.3, -0.25) is 9.79 Å². The van der Waals surface area contributed by atoms with Crippen LogP contribution in [0.25, 0.3) is 0 Å². The fourth-order valence-electron chi connectivity index (χ4n) is 2.95. The van der Waals surface area contributed by atoms with Crippen LogP contribution in [0.4, 0.5) is 15.9 Å². The lowest BCUT2D eigenvalue weighted by atomic mass is 10.3. The summed E-state index contributed by atoms with van der Waals surface area (Å²) in [5.41, 5.74) is 0.431. The average Bonchev–Trinajstić information content (AvgIpc) is 2.69. The van der Waals surface area contributed by atoms with Gasteiger partial charge in [-0.15, -0.1) is 24.0 Å². The highest BCUT2D eigenvalue weighted by atomic mass is 127. The van der Waals surface area contributed by atoms with Crippen LogP contribution in [0.5, 0.6) is 0 Å². The summed E-state index contributed by atoms with van der Waals surface area (Å²) in [5, 5.41) is 5.73. The number of carbonyl (C=O) groups excluding carboxylic acids is 1. The van der Waals surface area contributed by atoms with E-state index in [-0.39, 0.29) is 42.2 Å². The molecule has 3 rings (SSSR count). The average molecular weight is 498 g/mol. The molecule has 0 spiro atoms. The van der Waals surface area contributed by atoms with Gasteiger partial charge < -0.3 is 20.4 Å². The molecule has 1 saturated heterocycles. The number of guanidine groups is 1. The third kappa shape index (κ3) is 6.04. The van der Waals surface area contributed by atoms with Gasteiger partial charge in [-0.2, -0.15) is 0 Å². The number of carbonyl (C=O) groups is 1. The van der Waals surface area contributed by atoms with Crippen LogP contribution >= 0.6 is 24.0 Å². The third-order valence-corrected chi connectivity index (χ3v) is 4.28. The number of aliphatic imine (C=N–C) groups is 1.